The highest BCUT2D eigenvalue weighted by molar-refractivity contribution is 9.11. The zero-order chi connectivity index (χ0) is 13.2. The van der Waals surface area contributed by atoms with E-state index in [9.17, 15) is 14.7 Å². The lowest BCUT2D eigenvalue weighted by atomic mass is 9.97. The predicted octanol–water partition coefficient (Wildman–Crippen LogP) is 2.57. The third kappa shape index (κ3) is 2.92. The second-order valence-corrected chi connectivity index (χ2v) is 7.07. The summed E-state index contributed by atoms with van der Waals surface area (Å²) in [6.07, 6.45) is 3.02. The molecule has 2 N–H and O–H groups in total. The maximum Gasteiger partial charge on any atom is 0.329 e. The van der Waals surface area contributed by atoms with Gasteiger partial charge in [0.1, 0.15) is 5.54 Å². The van der Waals surface area contributed by atoms with E-state index in [2.05, 4.69) is 21.2 Å². The number of carboxylic acid groups (broad SMARTS) is 1. The van der Waals surface area contributed by atoms with Gasteiger partial charge in [-0.3, -0.25) is 4.79 Å². The molecular weight excluding hydrogens is 318 g/mol. The van der Waals surface area contributed by atoms with Gasteiger partial charge in [-0.05, 0) is 40.9 Å². The van der Waals surface area contributed by atoms with Crippen molar-refractivity contribution in [3.8, 4) is 0 Å². The highest BCUT2D eigenvalue weighted by Gasteiger charge is 2.42. The van der Waals surface area contributed by atoms with Crippen molar-refractivity contribution in [2.45, 2.75) is 37.6 Å². The van der Waals surface area contributed by atoms with Crippen LogP contribution in [-0.2, 0) is 16.0 Å². The van der Waals surface area contributed by atoms with Gasteiger partial charge in [0, 0.05) is 4.88 Å². The van der Waals surface area contributed by atoms with Crippen LogP contribution in [-0.4, -0.2) is 22.5 Å². The highest BCUT2D eigenvalue weighted by atomic mass is 79.9. The summed E-state index contributed by atoms with van der Waals surface area (Å²) in [5.74, 6) is -1.13. The Morgan fingerprint density at radius 3 is 2.56 bits per heavy atom. The van der Waals surface area contributed by atoms with Crippen molar-refractivity contribution in [2.24, 2.45) is 0 Å². The molecule has 18 heavy (non-hydrogen) atoms. The van der Waals surface area contributed by atoms with E-state index in [0.29, 0.717) is 12.8 Å². The zero-order valence-corrected chi connectivity index (χ0v) is 12.1. The summed E-state index contributed by atoms with van der Waals surface area (Å²) >= 11 is 4.83. The van der Waals surface area contributed by atoms with E-state index in [1.54, 1.807) is 0 Å². The van der Waals surface area contributed by atoms with Crippen LogP contribution in [0.15, 0.2) is 15.9 Å². The molecule has 1 aliphatic rings. The molecule has 1 aromatic rings. The molecule has 1 amide bonds. The number of carbonyl (C=O) groups is 2. The molecule has 1 saturated carbocycles. The first kappa shape index (κ1) is 13.5. The minimum Gasteiger partial charge on any atom is -0.480 e. The Balaban J connectivity index is 1.99. The molecule has 0 aromatic carbocycles. The summed E-state index contributed by atoms with van der Waals surface area (Å²) in [7, 11) is 0. The molecule has 98 valence electrons. The molecule has 1 fully saturated rings. The summed E-state index contributed by atoms with van der Waals surface area (Å²) in [4.78, 5) is 24.1. The fourth-order valence-electron chi connectivity index (χ4n) is 2.29. The van der Waals surface area contributed by atoms with E-state index >= 15 is 0 Å². The van der Waals surface area contributed by atoms with Gasteiger partial charge in [0.05, 0.1) is 10.2 Å². The number of hydrogen-bond donors (Lipinski definition) is 2. The van der Waals surface area contributed by atoms with E-state index in [1.165, 1.54) is 11.3 Å². The monoisotopic (exact) mass is 331 g/mol. The Kier molecular flexibility index (Phi) is 4.07. The number of halogens is 1. The molecule has 0 unspecified atom stereocenters. The van der Waals surface area contributed by atoms with Crippen molar-refractivity contribution in [2.75, 3.05) is 0 Å². The number of nitrogens with one attached hydrogen (secondary N) is 1. The van der Waals surface area contributed by atoms with E-state index in [1.807, 2.05) is 12.1 Å². The van der Waals surface area contributed by atoms with Crippen LogP contribution < -0.4 is 5.32 Å². The van der Waals surface area contributed by atoms with Crippen molar-refractivity contribution in [3.63, 3.8) is 0 Å². The van der Waals surface area contributed by atoms with Crippen molar-refractivity contribution in [1.29, 1.82) is 0 Å². The highest BCUT2D eigenvalue weighted by Crippen LogP contribution is 2.30. The van der Waals surface area contributed by atoms with Crippen LogP contribution in [0.1, 0.15) is 30.6 Å². The number of carbonyl (C=O) groups excluding carboxylic acids is 1. The third-order valence-corrected chi connectivity index (χ3v) is 4.83. The molecule has 1 aromatic heterocycles. The summed E-state index contributed by atoms with van der Waals surface area (Å²) < 4.78 is 0.971. The Labute approximate surface area is 118 Å². The average Bonchev–Trinajstić information content (AvgIpc) is 2.89. The number of rotatable bonds is 4. The summed E-state index contributed by atoms with van der Waals surface area (Å²) in [6, 6.07) is 3.76. The van der Waals surface area contributed by atoms with Crippen LogP contribution in [0.25, 0.3) is 0 Å². The minimum absolute atomic E-state index is 0.214. The first-order valence-electron chi connectivity index (χ1n) is 5.80. The number of carboxylic acids is 1. The molecule has 0 spiro atoms. The second kappa shape index (κ2) is 5.40. The number of thiophene rings is 1. The Morgan fingerprint density at radius 1 is 1.39 bits per heavy atom. The lowest BCUT2D eigenvalue weighted by molar-refractivity contribution is -0.147. The fourth-order valence-corrected chi connectivity index (χ4v) is 3.77. The summed E-state index contributed by atoms with van der Waals surface area (Å²) in [6.45, 7) is 0. The molecule has 2 rings (SSSR count). The SMILES string of the molecule is O=C(Cc1ccc(Br)s1)NC1(C(=O)O)CCCC1. The first-order valence-corrected chi connectivity index (χ1v) is 7.41. The smallest absolute Gasteiger partial charge is 0.329 e. The van der Waals surface area contributed by atoms with Crippen molar-refractivity contribution < 1.29 is 14.7 Å². The molecule has 1 heterocycles. The van der Waals surface area contributed by atoms with Crippen LogP contribution in [0.4, 0.5) is 0 Å². The van der Waals surface area contributed by atoms with Crippen molar-refractivity contribution >= 4 is 39.1 Å². The molecular formula is C12H14BrNO3S. The molecule has 0 bridgehead atoms. The largest absolute Gasteiger partial charge is 0.480 e. The maximum absolute atomic E-state index is 11.9. The van der Waals surface area contributed by atoms with Crippen LogP contribution >= 0.6 is 27.3 Å². The lowest BCUT2D eigenvalue weighted by Gasteiger charge is -2.25. The predicted molar refractivity (Wildman–Crippen MR) is 72.7 cm³/mol. The molecule has 4 nitrogen and oxygen atoms in total. The molecule has 0 radical (unpaired) electrons. The van der Waals surface area contributed by atoms with Crippen LogP contribution in [0.5, 0.6) is 0 Å². The van der Waals surface area contributed by atoms with Gasteiger partial charge in [-0.25, -0.2) is 4.79 Å². The van der Waals surface area contributed by atoms with Gasteiger partial charge in [-0.2, -0.15) is 0 Å². The van der Waals surface area contributed by atoms with E-state index in [0.717, 1.165) is 21.5 Å². The Bertz CT molecular complexity index is 466. The summed E-state index contributed by atoms with van der Waals surface area (Å²) in [5, 5.41) is 12.0. The van der Waals surface area contributed by atoms with Crippen LogP contribution in [0.2, 0.25) is 0 Å². The minimum atomic E-state index is -1.04. The number of amides is 1. The molecule has 0 aliphatic heterocycles. The quantitative estimate of drug-likeness (QED) is 0.891. The molecule has 0 atom stereocenters. The fraction of sp³-hybridized carbons (Fsp3) is 0.500. The van der Waals surface area contributed by atoms with E-state index in [4.69, 9.17) is 0 Å². The maximum atomic E-state index is 11.9. The van der Waals surface area contributed by atoms with Crippen LogP contribution in [0.3, 0.4) is 0 Å². The van der Waals surface area contributed by atoms with Gasteiger partial charge < -0.3 is 10.4 Å². The van der Waals surface area contributed by atoms with Gasteiger partial charge in [0.15, 0.2) is 0 Å². The third-order valence-electron chi connectivity index (χ3n) is 3.21. The van der Waals surface area contributed by atoms with Crippen molar-refractivity contribution in [3.05, 3.63) is 20.8 Å². The number of aliphatic carboxylic acids is 1. The zero-order valence-electron chi connectivity index (χ0n) is 9.74. The normalized spacial score (nSPS) is 17.6. The second-order valence-electron chi connectivity index (χ2n) is 4.53. The van der Waals surface area contributed by atoms with Gasteiger partial charge >= 0.3 is 5.97 Å². The average molecular weight is 332 g/mol. The van der Waals surface area contributed by atoms with Gasteiger partial charge in [-0.15, -0.1) is 11.3 Å². The van der Waals surface area contributed by atoms with Crippen LogP contribution in [0, 0.1) is 0 Å². The molecule has 6 heteroatoms. The van der Waals surface area contributed by atoms with E-state index in [-0.39, 0.29) is 12.3 Å². The molecule has 0 saturated heterocycles. The standard InChI is InChI=1S/C12H14BrNO3S/c13-9-4-3-8(18-9)7-10(15)14-12(11(16)17)5-1-2-6-12/h3-4H,1-2,5-7H2,(H,14,15)(H,16,17). The topological polar surface area (TPSA) is 66.4 Å². The van der Waals surface area contributed by atoms with Gasteiger partial charge in [-0.1, -0.05) is 12.8 Å². The first-order chi connectivity index (χ1) is 8.52. The number of hydrogen-bond acceptors (Lipinski definition) is 3. The van der Waals surface area contributed by atoms with Gasteiger partial charge in [0.25, 0.3) is 0 Å². The summed E-state index contributed by atoms with van der Waals surface area (Å²) in [5.41, 5.74) is -1.04. The Morgan fingerprint density at radius 2 is 2.06 bits per heavy atom. The Hall–Kier alpha value is -0.880. The van der Waals surface area contributed by atoms with Gasteiger partial charge in [0.2, 0.25) is 5.91 Å². The van der Waals surface area contributed by atoms with E-state index < -0.39 is 11.5 Å². The lowest BCUT2D eigenvalue weighted by Crippen LogP contribution is -2.52. The van der Waals surface area contributed by atoms with Crippen molar-refractivity contribution in [1.82, 2.24) is 5.32 Å². The molecule has 1 aliphatic carbocycles.